The molecule has 2 fully saturated rings. The molecule has 6 nitrogen and oxygen atoms in total. The van der Waals surface area contributed by atoms with Crippen LogP contribution in [-0.2, 0) is 4.79 Å². The highest BCUT2D eigenvalue weighted by atomic mass is 16.4. The molecule has 6 heteroatoms. The van der Waals surface area contributed by atoms with Crippen molar-refractivity contribution >= 4 is 12.0 Å². The van der Waals surface area contributed by atoms with Gasteiger partial charge in [0.25, 0.3) is 0 Å². The minimum atomic E-state index is -0.772. The number of nitrogens with one attached hydrogen (secondary N) is 1. The summed E-state index contributed by atoms with van der Waals surface area (Å²) in [6.45, 7) is 3.19. The van der Waals surface area contributed by atoms with Crippen LogP contribution in [0, 0.1) is 5.92 Å². The first kappa shape index (κ1) is 14.1. The van der Waals surface area contributed by atoms with E-state index in [0.29, 0.717) is 19.1 Å². The zero-order chi connectivity index (χ0) is 13.8. The molecule has 2 saturated heterocycles. The van der Waals surface area contributed by atoms with E-state index in [0.717, 1.165) is 32.4 Å². The largest absolute Gasteiger partial charge is 0.481 e. The Balaban J connectivity index is 1.84. The summed E-state index contributed by atoms with van der Waals surface area (Å²) in [5, 5.41) is 12.1. The highest BCUT2D eigenvalue weighted by Crippen LogP contribution is 2.22. The van der Waals surface area contributed by atoms with E-state index in [9.17, 15) is 9.59 Å². The SMILES string of the molecule is CN(C(=O)N1CCC(CC(=O)O)C1)C1CCNCC1. The van der Waals surface area contributed by atoms with Crippen LogP contribution in [0.1, 0.15) is 25.7 Å². The lowest BCUT2D eigenvalue weighted by Gasteiger charge is -2.34. The molecular weight excluding hydrogens is 246 g/mol. The van der Waals surface area contributed by atoms with E-state index < -0.39 is 5.97 Å². The van der Waals surface area contributed by atoms with Crippen LogP contribution in [0.5, 0.6) is 0 Å². The summed E-state index contributed by atoms with van der Waals surface area (Å²) in [6.07, 6.45) is 2.96. The molecule has 1 unspecified atom stereocenters. The summed E-state index contributed by atoms with van der Waals surface area (Å²) in [5.41, 5.74) is 0. The molecule has 0 aromatic rings. The molecule has 0 aliphatic carbocycles. The minimum absolute atomic E-state index is 0.0554. The number of carbonyl (C=O) groups is 2. The van der Waals surface area contributed by atoms with Crippen molar-refractivity contribution in [1.82, 2.24) is 15.1 Å². The zero-order valence-corrected chi connectivity index (χ0v) is 11.5. The van der Waals surface area contributed by atoms with Gasteiger partial charge in [-0.2, -0.15) is 0 Å². The fraction of sp³-hybridized carbons (Fsp3) is 0.846. The number of amides is 2. The highest BCUT2D eigenvalue weighted by Gasteiger charge is 2.31. The van der Waals surface area contributed by atoms with E-state index in [2.05, 4.69) is 5.32 Å². The van der Waals surface area contributed by atoms with Crippen molar-refractivity contribution in [3.05, 3.63) is 0 Å². The Bertz CT molecular complexity index is 342. The third-order valence-corrected chi connectivity index (χ3v) is 4.18. The zero-order valence-electron chi connectivity index (χ0n) is 11.5. The number of carboxylic acids is 1. The number of urea groups is 1. The second-order valence-corrected chi connectivity index (χ2v) is 5.57. The summed E-state index contributed by atoms with van der Waals surface area (Å²) in [5.74, 6) is -0.658. The normalized spacial score (nSPS) is 24.5. The van der Waals surface area contributed by atoms with Gasteiger partial charge in [0.1, 0.15) is 0 Å². The van der Waals surface area contributed by atoms with Gasteiger partial charge in [-0.1, -0.05) is 0 Å². The predicted molar refractivity (Wildman–Crippen MR) is 71.0 cm³/mol. The van der Waals surface area contributed by atoms with Crippen molar-refractivity contribution in [2.75, 3.05) is 33.2 Å². The van der Waals surface area contributed by atoms with Crippen LogP contribution in [0.25, 0.3) is 0 Å². The Morgan fingerprint density at radius 3 is 2.63 bits per heavy atom. The molecule has 0 aromatic carbocycles. The number of carboxylic acid groups (broad SMARTS) is 1. The number of likely N-dealkylation sites (tertiary alicyclic amines) is 1. The fourth-order valence-corrected chi connectivity index (χ4v) is 2.99. The molecular formula is C13H23N3O3. The fourth-order valence-electron chi connectivity index (χ4n) is 2.99. The number of hydrogen-bond donors (Lipinski definition) is 2. The predicted octanol–water partition coefficient (Wildman–Crippen LogP) is 0.587. The lowest BCUT2D eigenvalue weighted by Crippen LogP contribution is -2.48. The molecule has 2 amide bonds. The van der Waals surface area contributed by atoms with Crippen LogP contribution in [0.4, 0.5) is 4.79 Å². The van der Waals surface area contributed by atoms with Crippen LogP contribution in [-0.4, -0.2) is 66.2 Å². The molecule has 108 valence electrons. The van der Waals surface area contributed by atoms with Crippen molar-refractivity contribution in [2.45, 2.75) is 31.7 Å². The van der Waals surface area contributed by atoms with Crippen molar-refractivity contribution in [3.63, 3.8) is 0 Å². The first-order valence-electron chi connectivity index (χ1n) is 7.02. The van der Waals surface area contributed by atoms with E-state index in [1.807, 2.05) is 11.9 Å². The smallest absolute Gasteiger partial charge is 0.320 e. The molecule has 19 heavy (non-hydrogen) atoms. The van der Waals surface area contributed by atoms with Crippen LogP contribution in [0.2, 0.25) is 0 Å². The maximum Gasteiger partial charge on any atom is 0.320 e. The summed E-state index contributed by atoms with van der Waals surface area (Å²) in [6, 6.07) is 0.368. The van der Waals surface area contributed by atoms with Crippen molar-refractivity contribution in [1.29, 1.82) is 0 Å². The average molecular weight is 269 g/mol. The lowest BCUT2D eigenvalue weighted by molar-refractivity contribution is -0.138. The number of aliphatic carboxylic acids is 1. The van der Waals surface area contributed by atoms with E-state index in [4.69, 9.17) is 5.11 Å². The Morgan fingerprint density at radius 2 is 2.00 bits per heavy atom. The van der Waals surface area contributed by atoms with Gasteiger partial charge in [-0.05, 0) is 38.3 Å². The van der Waals surface area contributed by atoms with Gasteiger partial charge in [0, 0.05) is 32.6 Å². The monoisotopic (exact) mass is 269 g/mol. The Hall–Kier alpha value is -1.30. The van der Waals surface area contributed by atoms with Crippen molar-refractivity contribution < 1.29 is 14.7 Å². The number of hydrogen-bond acceptors (Lipinski definition) is 3. The maximum absolute atomic E-state index is 12.4. The second kappa shape index (κ2) is 6.23. The summed E-state index contributed by atoms with van der Waals surface area (Å²) in [4.78, 5) is 26.7. The van der Waals surface area contributed by atoms with Crippen LogP contribution < -0.4 is 5.32 Å². The lowest BCUT2D eigenvalue weighted by atomic mass is 10.1. The van der Waals surface area contributed by atoms with E-state index in [1.54, 1.807) is 4.90 Å². The topological polar surface area (TPSA) is 72.9 Å². The molecule has 0 spiro atoms. The summed E-state index contributed by atoms with van der Waals surface area (Å²) in [7, 11) is 1.86. The second-order valence-electron chi connectivity index (χ2n) is 5.57. The number of rotatable bonds is 3. The number of piperidine rings is 1. The van der Waals surface area contributed by atoms with Gasteiger partial charge in [0.05, 0.1) is 0 Å². The van der Waals surface area contributed by atoms with Crippen molar-refractivity contribution in [2.24, 2.45) is 5.92 Å². The first-order valence-corrected chi connectivity index (χ1v) is 7.02. The molecule has 2 aliphatic rings. The Morgan fingerprint density at radius 1 is 1.32 bits per heavy atom. The third-order valence-electron chi connectivity index (χ3n) is 4.18. The van der Waals surface area contributed by atoms with Gasteiger partial charge < -0.3 is 20.2 Å². The van der Waals surface area contributed by atoms with Gasteiger partial charge in [-0.25, -0.2) is 4.79 Å². The van der Waals surface area contributed by atoms with Gasteiger partial charge in [-0.3, -0.25) is 4.79 Å². The molecule has 2 heterocycles. The van der Waals surface area contributed by atoms with Gasteiger partial charge in [0.15, 0.2) is 0 Å². The molecule has 0 bridgehead atoms. The standard InChI is InChI=1S/C13H23N3O3/c1-15(11-2-5-14-6-3-11)13(19)16-7-4-10(9-16)8-12(17)18/h10-11,14H,2-9H2,1H3,(H,17,18). The number of nitrogens with zero attached hydrogens (tertiary/aromatic N) is 2. The van der Waals surface area contributed by atoms with E-state index in [-0.39, 0.29) is 18.4 Å². The molecule has 0 aromatic heterocycles. The average Bonchev–Trinajstić information content (AvgIpc) is 2.85. The van der Waals surface area contributed by atoms with Crippen molar-refractivity contribution in [3.8, 4) is 0 Å². The molecule has 2 aliphatic heterocycles. The summed E-state index contributed by atoms with van der Waals surface area (Å²) < 4.78 is 0. The van der Waals surface area contributed by atoms with Crippen LogP contribution >= 0.6 is 0 Å². The van der Waals surface area contributed by atoms with E-state index >= 15 is 0 Å². The molecule has 2 N–H and O–H groups in total. The Kier molecular flexibility index (Phi) is 4.63. The molecule has 1 atom stereocenters. The van der Waals surface area contributed by atoms with Crippen LogP contribution in [0.3, 0.4) is 0 Å². The number of carbonyl (C=O) groups excluding carboxylic acids is 1. The maximum atomic E-state index is 12.4. The first-order chi connectivity index (χ1) is 9.08. The Labute approximate surface area is 113 Å². The highest BCUT2D eigenvalue weighted by molar-refractivity contribution is 5.75. The third kappa shape index (κ3) is 3.59. The molecule has 0 saturated carbocycles. The van der Waals surface area contributed by atoms with E-state index in [1.165, 1.54) is 0 Å². The summed E-state index contributed by atoms with van der Waals surface area (Å²) >= 11 is 0. The van der Waals surface area contributed by atoms with Gasteiger partial charge in [-0.15, -0.1) is 0 Å². The quantitative estimate of drug-likeness (QED) is 0.786. The minimum Gasteiger partial charge on any atom is -0.481 e. The van der Waals surface area contributed by atoms with Crippen LogP contribution in [0.15, 0.2) is 0 Å². The molecule has 0 radical (unpaired) electrons. The van der Waals surface area contributed by atoms with Gasteiger partial charge >= 0.3 is 12.0 Å². The van der Waals surface area contributed by atoms with Gasteiger partial charge in [0.2, 0.25) is 0 Å². The molecule has 2 rings (SSSR count).